The molecule has 1 aromatic rings. The molecule has 0 heterocycles. The third-order valence-electron chi connectivity index (χ3n) is 2.33. The number of anilines is 1. The molecular formula is C14H20N2O4. The number of nitrogens with one attached hydrogen (secondary N) is 1. The summed E-state index contributed by atoms with van der Waals surface area (Å²) in [5.41, 5.74) is 6.39. The highest BCUT2D eigenvalue weighted by molar-refractivity contribution is 5.92. The largest absolute Gasteiger partial charge is 0.492 e. The van der Waals surface area contributed by atoms with E-state index in [1.807, 2.05) is 20.8 Å². The van der Waals surface area contributed by atoms with Crippen LogP contribution >= 0.6 is 0 Å². The van der Waals surface area contributed by atoms with Gasteiger partial charge < -0.3 is 20.5 Å². The predicted octanol–water partition coefficient (Wildman–Crippen LogP) is 1.35. The summed E-state index contributed by atoms with van der Waals surface area (Å²) < 4.78 is 10.2. The van der Waals surface area contributed by atoms with Crippen LogP contribution in [0.5, 0.6) is 5.75 Å². The maximum Gasteiger partial charge on any atom is 0.338 e. The summed E-state index contributed by atoms with van der Waals surface area (Å²) in [5, 5.41) is 2.63. The first kappa shape index (κ1) is 15.8. The van der Waals surface area contributed by atoms with E-state index in [4.69, 9.17) is 15.2 Å². The van der Waals surface area contributed by atoms with Gasteiger partial charge in [-0.1, -0.05) is 0 Å². The first-order valence-corrected chi connectivity index (χ1v) is 6.42. The number of ether oxygens (including phenoxy) is 2. The maximum absolute atomic E-state index is 11.8. The summed E-state index contributed by atoms with van der Waals surface area (Å²) in [4.78, 5) is 23.1. The van der Waals surface area contributed by atoms with Gasteiger partial charge in [0.25, 0.3) is 5.91 Å². The maximum atomic E-state index is 11.8. The number of amides is 1. The van der Waals surface area contributed by atoms with Crippen LogP contribution in [0.25, 0.3) is 0 Å². The van der Waals surface area contributed by atoms with Gasteiger partial charge in [-0.3, -0.25) is 4.79 Å². The molecule has 0 aliphatic carbocycles. The van der Waals surface area contributed by atoms with Crippen molar-refractivity contribution in [3.63, 3.8) is 0 Å². The average molecular weight is 280 g/mol. The number of esters is 1. The van der Waals surface area contributed by atoms with E-state index in [0.29, 0.717) is 18.0 Å². The Balaban J connectivity index is 2.60. The van der Waals surface area contributed by atoms with Gasteiger partial charge in [-0.05, 0) is 39.0 Å². The molecule has 0 atom stereocenters. The molecule has 0 aliphatic rings. The van der Waals surface area contributed by atoms with Crippen LogP contribution in [0, 0.1) is 0 Å². The summed E-state index contributed by atoms with van der Waals surface area (Å²) in [6, 6.07) is 4.61. The van der Waals surface area contributed by atoms with Crippen molar-refractivity contribution < 1.29 is 19.1 Å². The van der Waals surface area contributed by atoms with Gasteiger partial charge in [-0.2, -0.15) is 0 Å². The Labute approximate surface area is 118 Å². The molecule has 3 N–H and O–H groups in total. The molecule has 0 saturated heterocycles. The minimum atomic E-state index is -0.598. The van der Waals surface area contributed by atoms with E-state index in [-0.39, 0.29) is 24.1 Å². The normalized spacial score (nSPS) is 10.2. The number of carbonyl (C=O) groups excluding carboxylic acids is 2. The zero-order valence-electron chi connectivity index (χ0n) is 11.9. The number of hydrogen-bond donors (Lipinski definition) is 2. The Kier molecular flexibility index (Phi) is 5.83. The minimum absolute atomic E-state index is 0.00215. The smallest absolute Gasteiger partial charge is 0.338 e. The van der Waals surface area contributed by atoms with E-state index < -0.39 is 5.97 Å². The van der Waals surface area contributed by atoms with E-state index in [0.717, 1.165) is 0 Å². The van der Waals surface area contributed by atoms with Crippen molar-refractivity contribution in [2.45, 2.75) is 26.8 Å². The van der Waals surface area contributed by atoms with E-state index in [1.165, 1.54) is 6.07 Å². The van der Waals surface area contributed by atoms with Crippen LogP contribution < -0.4 is 15.8 Å². The van der Waals surface area contributed by atoms with E-state index in [9.17, 15) is 9.59 Å². The van der Waals surface area contributed by atoms with Crippen LogP contribution in [-0.4, -0.2) is 31.1 Å². The SMILES string of the molecule is CCOc1ccc(C(=O)OCC(=O)NC(C)C)cc1N. The first-order chi connectivity index (χ1) is 9.43. The molecule has 1 amide bonds. The molecule has 0 aromatic heterocycles. The fourth-order valence-electron chi connectivity index (χ4n) is 1.54. The van der Waals surface area contributed by atoms with Gasteiger partial charge in [0, 0.05) is 6.04 Å². The lowest BCUT2D eigenvalue weighted by molar-refractivity contribution is -0.124. The highest BCUT2D eigenvalue weighted by atomic mass is 16.5. The van der Waals surface area contributed by atoms with Crippen molar-refractivity contribution in [1.82, 2.24) is 5.32 Å². The Morgan fingerprint density at radius 1 is 1.35 bits per heavy atom. The van der Waals surface area contributed by atoms with Crippen LogP contribution in [-0.2, 0) is 9.53 Å². The van der Waals surface area contributed by atoms with E-state index in [2.05, 4.69) is 5.32 Å². The Morgan fingerprint density at radius 3 is 2.60 bits per heavy atom. The second-order valence-corrected chi connectivity index (χ2v) is 4.48. The topological polar surface area (TPSA) is 90.6 Å². The van der Waals surface area contributed by atoms with Gasteiger partial charge in [0.2, 0.25) is 0 Å². The number of hydrogen-bond acceptors (Lipinski definition) is 5. The summed E-state index contributed by atoms with van der Waals surface area (Å²) >= 11 is 0. The lowest BCUT2D eigenvalue weighted by Crippen LogP contribution is -2.33. The zero-order valence-corrected chi connectivity index (χ0v) is 11.9. The lowest BCUT2D eigenvalue weighted by atomic mass is 10.2. The monoisotopic (exact) mass is 280 g/mol. The summed E-state index contributed by atoms with van der Waals surface area (Å²) in [7, 11) is 0. The number of carbonyl (C=O) groups is 2. The minimum Gasteiger partial charge on any atom is -0.492 e. The van der Waals surface area contributed by atoms with Gasteiger partial charge in [-0.25, -0.2) is 4.79 Å². The van der Waals surface area contributed by atoms with Gasteiger partial charge in [0.05, 0.1) is 17.9 Å². The van der Waals surface area contributed by atoms with Crippen molar-refractivity contribution >= 4 is 17.6 Å². The Hall–Kier alpha value is -2.24. The summed E-state index contributed by atoms with van der Waals surface area (Å²) in [5.74, 6) is -0.424. The highest BCUT2D eigenvalue weighted by Gasteiger charge is 2.12. The van der Waals surface area contributed by atoms with Crippen molar-refractivity contribution in [3.05, 3.63) is 23.8 Å². The summed E-state index contributed by atoms with van der Waals surface area (Å²) in [6.07, 6.45) is 0. The van der Waals surface area contributed by atoms with Crippen LogP contribution in [0.1, 0.15) is 31.1 Å². The molecule has 110 valence electrons. The highest BCUT2D eigenvalue weighted by Crippen LogP contribution is 2.22. The zero-order chi connectivity index (χ0) is 15.1. The van der Waals surface area contributed by atoms with Crippen molar-refractivity contribution in [2.24, 2.45) is 0 Å². The number of nitrogen functional groups attached to an aromatic ring is 1. The lowest BCUT2D eigenvalue weighted by Gasteiger charge is -2.10. The third-order valence-corrected chi connectivity index (χ3v) is 2.33. The van der Waals surface area contributed by atoms with Crippen LogP contribution in [0.4, 0.5) is 5.69 Å². The molecule has 20 heavy (non-hydrogen) atoms. The quantitative estimate of drug-likeness (QED) is 0.606. The third kappa shape index (κ3) is 4.79. The van der Waals surface area contributed by atoms with Crippen molar-refractivity contribution in [3.8, 4) is 5.75 Å². The van der Waals surface area contributed by atoms with Crippen LogP contribution in [0.2, 0.25) is 0 Å². The standard InChI is InChI=1S/C14H20N2O4/c1-4-19-12-6-5-10(7-11(12)15)14(18)20-8-13(17)16-9(2)3/h5-7,9H,4,8,15H2,1-3H3,(H,16,17). The van der Waals surface area contributed by atoms with Gasteiger partial charge in [-0.15, -0.1) is 0 Å². The van der Waals surface area contributed by atoms with Crippen molar-refractivity contribution in [2.75, 3.05) is 18.9 Å². The Morgan fingerprint density at radius 2 is 2.05 bits per heavy atom. The molecule has 0 bridgehead atoms. The fraction of sp³-hybridized carbons (Fsp3) is 0.429. The van der Waals surface area contributed by atoms with Crippen LogP contribution in [0.3, 0.4) is 0 Å². The second-order valence-electron chi connectivity index (χ2n) is 4.48. The molecule has 0 spiro atoms. The van der Waals surface area contributed by atoms with Crippen LogP contribution in [0.15, 0.2) is 18.2 Å². The molecule has 1 aromatic carbocycles. The molecule has 0 fully saturated rings. The van der Waals surface area contributed by atoms with Gasteiger partial charge in [0.15, 0.2) is 6.61 Å². The molecule has 1 rings (SSSR count). The molecular weight excluding hydrogens is 260 g/mol. The average Bonchev–Trinajstić information content (AvgIpc) is 2.37. The van der Waals surface area contributed by atoms with E-state index >= 15 is 0 Å². The van der Waals surface area contributed by atoms with Gasteiger partial charge in [0.1, 0.15) is 5.75 Å². The molecule has 6 nitrogen and oxygen atoms in total. The molecule has 0 aliphatic heterocycles. The second kappa shape index (κ2) is 7.37. The number of rotatable bonds is 6. The number of nitrogens with two attached hydrogens (primary N) is 1. The molecule has 0 unspecified atom stereocenters. The van der Waals surface area contributed by atoms with Crippen molar-refractivity contribution in [1.29, 1.82) is 0 Å². The predicted molar refractivity (Wildman–Crippen MR) is 75.6 cm³/mol. The number of benzene rings is 1. The van der Waals surface area contributed by atoms with Gasteiger partial charge >= 0.3 is 5.97 Å². The molecule has 0 radical (unpaired) electrons. The molecule has 0 saturated carbocycles. The first-order valence-electron chi connectivity index (χ1n) is 6.42. The summed E-state index contributed by atoms with van der Waals surface area (Å²) in [6.45, 7) is 5.67. The Bertz CT molecular complexity index is 486. The fourth-order valence-corrected chi connectivity index (χ4v) is 1.54. The van der Waals surface area contributed by atoms with E-state index in [1.54, 1.807) is 12.1 Å². The molecule has 6 heteroatoms.